The van der Waals surface area contributed by atoms with Gasteiger partial charge in [-0.2, -0.15) is 0 Å². The summed E-state index contributed by atoms with van der Waals surface area (Å²) in [5.74, 6) is 0.625. The van der Waals surface area contributed by atoms with Crippen LogP contribution in [-0.2, 0) is 11.3 Å². The molecule has 0 N–H and O–H groups in total. The van der Waals surface area contributed by atoms with Crippen molar-refractivity contribution < 1.29 is 9.53 Å². The van der Waals surface area contributed by atoms with Gasteiger partial charge in [-0.15, -0.1) is 10.2 Å². The second-order valence-corrected chi connectivity index (χ2v) is 6.58. The molecule has 1 aromatic carbocycles. The van der Waals surface area contributed by atoms with Gasteiger partial charge in [-0.05, 0) is 30.5 Å². The van der Waals surface area contributed by atoms with Crippen molar-refractivity contribution >= 4 is 5.91 Å². The lowest BCUT2D eigenvalue weighted by Gasteiger charge is -2.32. The SMILES string of the molecule is O=C(c1ccnc(-n2cnnc2)c1)N1CCCC(OCc2ccccc2)C1. The molecule has 1 atom stereocenters. The lowest BCUT2D eigenvalue weighted by molar-refractivity contribution is -0.00673. The van der Waals surface area contributed by atoms with Crippen LogP contribution in [0.1, 0.15) is 28.8 Å². The lowest BCUT2D eigenvalue weighted by Crippen LogP contribution is -2.43. The largest absolute Gasteiger partial charge is 0.372 e. The highest BCUT2D eigenvalue weighted by atomic mass is 16.5. The van der Waals surface area contributed by atoms with E-state index in [0.29, 0.717) is 24.5 Å². The van der Waals surface area contributed by atoms with Gasteiger partial charge in [0.1, 0.15) is 18.5 Å². The van der Waals surface area contributed by atoms with Gasteiger partial charge in [0.15, 0.2) is 0 Å². The summed E-state index contributed by atoms with van der Waals surface area (Å²) in [5, 5.41) is 7.56. The van der Waals surface area contributed by atoms with Gasteiger partial charge >= 0.3 is 0 Å². The van der Waals surface area contributed by atoms with Crippen molar-refractivity contribution in [3.05, 3.63) is 72.4 Å². The third-order valence-corrected chi connectivity index (χ3v) is 4.67. The Morgan fingerprint density at radius 1 is 1.15 bits per heavy atom. The molecular formula is C20H21N5O2. The predicted molar refractivity (Wildman–Crippen MR) is 99.3 cm³/mol. The van der Waals surface area contributed by atoms with Crippen LogP contribution in [0.4, 0.5) is 0 Å². The number of benzene rings is 1. The van der Waals surface area contributed by atoms with Crippen LogP contribution in [-0.4, -0.2) is 49.7 Å². The van der Waals surface area contributed by atoms with Crippen LogP contribution in [0.3, 0.4) is 0 Å². The van der Waals surface area contributed by atoms with Crippen LogP contribution in [0.15, 0.2) is 61.3 Å². The van der Waals surface area contributed by atoms with E-state index in [4.69, 9.17) is 4.74 Å². The Morgan fingerprint density at radius 2 is 1.96 bits per heavy atom. The Morgan fingerprint density at radius 3 is 2.78 bits per heavy atom. The molecule has 0 spiro atoms. The van der Waals surface area contributed by atoms with Crippen LogP contribution in [0, 0.1) is 0 Å². The van der Waals surface area contributed by atoms with Gasteiger partial charge in [0.25, 0.3) is 5.91 Å². The van der Waals surface area contributed by atoms with Crippen molar-refractivity contribution in [2.24, 2.45) is 0 Å². The number of hydrogen-bond donors (Lipinski definition) is 0. The third-order valence-electron chi connectivity index (χ3n) is 4.67. The molecule has 0 saturated carbocycles. The number of nitrogens with zero attached hydrogens (tertiary/aromatic N) is 5. The van der Waals surface area contributed by atoms with Crippen molar-refractivity contribution in [3.8, 4) is 5.82 Å². The molecule has 0 radical (unpaired) electrons. The fourth-order valence-corrected chi connectivity index (χ4v) is 3.24. The molecular weight excluding hydrogens is 342 g/mol. The molecule has 1 amide bonds. The first-order chi connectivity index (χ1) is 13.3. The lowest BCUT2D eigenvalue weighted by atomic mass is 10.1. The molecule has 7 nitrogen and oxygen atoms in total. The molecule has 4 rings (SSSR count). The van der Waals surface area contributed by atoms with Gasteiger partial charge in [-0.25, -0.2) is 4.98 Å². The zero-order chi connectivity index (χ0) is 18.5. The van der Waals surface area contributed by atoms with Crippen LogP contribution >= 0.6 is 0 Å². The van der Waals surface area contributed by atoms with Crippen molar-refractivity contribution in [1.82, 2.24) is 24.6 Å². The number of likely N-dealkylation sites (tertiary alicyclic amines) is 1. The first-order valence-corrected chi connectivity index (χ1v) is 9.05. The van der Waals surface area contributed by atoms with Crippen molar-refractivity contribution in [3.63, 3.8) is 0 Å². The molecule has 1 fully saturated rings. The quantitative estimate of drug-likeness (QED) is 0.696. The minimum atomic E-state index is -0.000245. The van der Waals surface area contributed by atoms with E-state index in [9.17, 15) is 4.79 Å². The summed E-state index contributed by atoms with van der Waals surface area (Å²) in [7, 11) is 0. The number of rotatable bonds is 5. The smallest absolute Gasteiger partial charge is 0.254 e. The molecule has 3 heterocycles. The fraction of sp³-hybridized carbons (Fsp3) is 0.300. The Bertz CT molecular complexity index is 882. The van der Waals surface area contributed by atoms with E-state index in [1.54, 1.807) is 35.6 Å². The third kappa shape index (κ3) is 4.20. The van der Waals surface area contributed by atoms with E-state index in [2.05, 4.69) is 27.3 Å². The predicted octanol–water partition coefficient (Wildman–Crippen LogP) is 2.48. The van der Waals surface area contributed by atoms with E-state index < -0.39 is 0 Å². The van der Waals surface area contributed by atoms with Crippen LogP contribution in [0.25, 0.3) is 5.82 Å². The molecule has 1 aliphatic rings. The summed E-state index contributed by atoms with van der Waals surface area (Å²) in [4.78, 5) is 19.1. The number of pyridine rings is 1. The van der Waals surface area contributed by atoms with E-state index >= 15 is 0 Å². The summed E-state index contributed by atoms with van der Waals surface area (Å²) in [6, 6.07) is 13.6. The summed E-state index contributed by atoms with van der Waals surface area (Å²) in [6.45, 7) is 1.92. The molecule has 0 bridgehead atoms. The van der Waals surface area contributed by atoms with E-state index in [-0.39, 0.29) is 12.0 Å². The highest BCUT2D eigenvalue weighted by Gasteiger charge is 2.25. The minimum Gasteiger partial charge on any atom is -0.372 e. The Hall–Kier alpha value is -3.06. The van der Waals surface area contributed by atoms with Crippen molar-refractivity contribution in [2.45, 2.75) is 25.6 Å². The zero-order valence-corrected chi connectivity index (χ0v) is 14.9. The average molecular weight is 363 g/mol. The number of piperidine rings is 1. The van der Waals surface area contributed by atoms with Gasteiger partial charge in [0, 0.05) is 24.8 Å². The second kappa shape index (κ2) is 8.09. The zero-order valence-electron chi connectivity index (χ0n) is 14.9. The Labute approximate surface area is 157 Å². The molecule has 7 heteroatoms. The van der Waals surface area contributed by atoms with Crippen molar-refractivity contribution in [1.29, 1.82) is 0 Å². The highest BCUT2D eigenvalue weighted by molar-refractivity contribution is 5.94. The number of ether oxygens (including phenoxy) is 1. The van der Waals surface area contributed by atoms with Gasteiger partial charge in [0.05, 0.1) is 12.7 Å². The topological polar surface area (TPSA) is 73.1 Å². The minimum absolute atomic E-state index is 0.000245. The number of hydrogen-bond acceptors (Lipinski definition) is 5. The Balaban J connectivity index is 1.40. The van der Waals surface area contributed by atoms with E-state index in [1.165, 1.54) is 0 Å². The van der Waals surface area contributed by atoms with Gasteiger partial charge in [-0.1, -0.05) is 30.3 Å². The van der Waals surface area contributed by atoms with Crippen molar-refractivity contribution in [2.75, 3.05) is 13.1 Å². The first-order valence-electron chi connectivity index (χ1n) is 9.05. The average Bonchev–Trinajstić information content (AvgIpc) is 3.28. The highest BCUT2D eigenvalue weighted by Crippen LogP contribution is 2.18. The molecule has 1 aliphatic heterocycles. The maximum Gasteiger partial charge on any atom is 0.254 e. The monoisotopic (exact) mass is 363 g/mol. The maximum atomic E-state index is 12.9. The number of aromatic nitrogens is 4. The molecule has 1 saturated heterocycles. The second-order valence-electron chi connectivity index (χ2n) is 6.58. The summed E-state index contributed by atoms with van der Waals surface area (Å²) in [6.07, 6.45) is 6.72. The molecule has 0 aliphatic carbocycles. The van der Waals surface area contributed by atoms with E-state index in [0.717, 1.165) is 24.9 Å². The summed E-state index contributed by atoms with van der Waals surface area (Å²) >= 11 is 0. The fourth-order valence-electron chi connectivity index (χ4n) is 3.24. The van der Waals surface area contributed by atoms with Gasteiger partial charge in [0.2, 0.25) is 0 Å². The number of amides is 1. The van der Waals surface area contributed by atoms with Crippen LogP contribution in [0.5, 0.6) is 0 Å². The first kappa shape index (κ1) is 17.4. The van der Waals surface area contributed by atoms with E-state index in [1.807, 2.05) is 23.1 Å². The van der Waals surface area contributed by atoms with Gasteiger partial charge < -0.3 is 9.64 Å². The summed E-state index contributed by atoms with van der Waals surface area (Å²) < 4.78 is 7.72. The molecule has 27 heavy (non-hydrogen) atoms. The number of carbonyl (C=O) groups is 1. The Kier molecular flexibility index (Phi) is 5.20. The normalized spacial score (nSPS) is 17.0. The molecule has 3 aromatic rings. The van der Waals surface area contributed by atoms with Crippen LogP contribution < -0.4 is 0 Å². The maximum absolute atomic E-state index is 12.9. The molecule has 1 unspecified atom stereocenters. The number of carbonyl (C=O) groups excluding carboxylic acids is 1. The molecule has 2 aromatic heterocycles. The molecule has 138 valence electrons. The standard InChI is InChI=1S/C20H21N5O2/c26-20(17-8-9-21-19(11-17)25-14-22-23-15-25)24-10-4-7-18(12-24)27-13-16-5-2-1-3-6-16/h1-3,5-6,8-9,11,14-15,18H,4,7,10,12-13H2. The van der Waals surface area contributed by atoms with Gasteiger partial charge in [-0.3, -0.25) is 9.36 Å². The van der Waals surface area contributed by atoms with Crippen LogP contribution in [0.2, 0.25) is 0 Å². The summed E-state index contributed by atoms with van der Waals surface area (Å²) in [5.41, 5.74) is 1.76.